The Balaban J connectivity index is 3.98. The molecule has 1 N–H and O–H groups in total. The van der Waals surface area contributed by atoms with Crippen molar-refractivity contribution in [3.63, 3.8) is 0 Å². The highest BCUT2D eigenvalue weighted by atomic mass is 14.8. The summed E-state index contributed by atoms with van der Waals surface area (Å²) >= 11 is 0. The van der Waals surface area contributed by atoms with Crippen LogP contribution in [-0.4, -0.2) is 13.6 Å². The van der Waals surface area contributed by atoms with Gasteiger partial charge in [0.25, 0.3) is 0 Å². The molecule has 0 radical (unpaired) electrons. The Hall–Kier alpha value is -0.560. The van der Waals surface area contributed by atoms with Gasteiger partial charge in [-0.3, -0.25) is 0 Å². The standard InChI is InChI=1S/C10H19N/c1-5-7-10(3,8-6-2)9-11-4/h5-6,11H,1-2,7-9H2,3-4H3. The van der Waals surface area contributed by atoms with Crippen molar-refractivity contribution >= 4 is 0 Å². The average Bonchev–Trinajstić information content (AvgIpc) is 1.88. The first-order valence-corrected chi connectivity index (χ1v) is 4.05. The number of hydrogen-bond acceptors (Lipinski definition) is 1. The van der Waals surface area contributed by atoms with Crippen LogP contribution in [0.15, 0.2) is 25.3 Å². The summed E-state index contributed by atoms with van der Waals surface area (Å²) in [6, 6.07) is 0. The minimum atomic E-state index is 0.304. The third kappa shape index (κ3) is 3.99. The van der Waals surface area contributed by atoms with Gasteiger partial charge in [-0.2, -0.15) is 0 Å². The fourth-order valence-electron chi connectivity index (χ4n) is 1.35. The average molecular weight is 153 g/mol. The quantitative estimate of drug-likeness (QED) is 0.578. The molecular weight excluding hydrogens is 134 g/mol. The molecule has 0 aromatic heterocycles. The molecule has 0 rings (SSSR count). The van der Waals surface area contributed by atoms with E-state index in [2.05, 4.69) is 25.4 Å². The molecule has 1 heteroatoms. The Morgan fingerprint density at radius 1 is 1.27 bits per heavy atom. The number of nitrogens with one attached hydrogen (secondary N) is 1. The van der Waals surface area contributed by atoms with Crippen LogP contribution >= 0.6 is 0 Å². The SMILES string of the molecule is C=CCC(C)(CC=C)CNC. The molecule has 1 nitrogen and oxygen atoms in total. The maximum absolute atomic E-state index is 3.75. The van der Waals surface area contributed by atoms with Gasteiger partial charge in [0, 0.05) is 6.54 Å². The normalized spacial score (nSPS) is 11.1. The molecule has 0 bridgehead atoms. The molecule has 11 heavy (non-hydrogen) atoms. The van der Waals surface area contributed by atoms with Crippen molar-refractivity contribution in [2.45, 2.75) is 19.8 Å². The maximum Gasteiger partial charge on any atom is 0.000809 e. The molecule has 64 valence electrons. The number of rotatable bonds is 6. The van der Waals surface area contributed by atoms with E-state index >= 15 is 0 Å². The van der Waals surface area contributed by atoms with Crippen LogP contribution in [0.3, 0.4) is 0 Å². The second kappa shape index (κ2) is 5.14. The predicted molar refractivity (Wildman–Crippen MR) is 51.7 cm³/mol. The molecule has 0 aliphatic heterocycles. The molecule has 0 aromatic carbocycles. The number of hydrogen-bond donors (Lipinski definition) is 1. The summed E-state index contributed by atoms with van der Waals surface area (Å²) in [5.74, 6) is 0. The van der Waals surface area contributed by atoms with Crippen LogP contribution in [-0.2, 0) is 0 Å². The Morgan fingerprint density at radius 3 is 2.00 bits per heavy atom. The lowest BCUT2D eigenvalue weighted by Gasteiger charge is -2.26. The van der Waals surface area contributed by atoms with E-state index in [9.17, 15) is 0 Å². The van der Waals surface area contributed by atoms with Crippen LogP contribution in [0.5, 0.6) is 0 Å². The van der Waals surface area contributed by atoms with Crippen LogP contribution in [0.4, 0.5) is 0 Å². The van der Waals surface area contributed by atoms with E-state index in [-0.39, 0.29) is 0 Å². The first-order chi connectivity index (χ1) is 5.18. The molecule has 0 aliphatic rings. The van der Waals surface area contributed by atoms with Gasteiger partial charge in [-0.15, -0.1) is 13.2 Å². The molecule has 0 amide bonds. The van der Waals surface area contributed by atoms with E-state index in [1.54, 1.807) is 0 Å². The molecular formula is C10H19N. The lowest BCUT2D eigenvalue weighted by molar-refractivity contribution is 0.322. The lowest BCUT2D eigenvalue weighted by atomic mass is 9.83. The molecule has 0 fully saturated rings. The first-order valence-electron chi connectivity index (χ1n) is 4.05. The van der Waals surface area contributed by atoms with E-state index in [4.69, 9.17) is 0 Å². The highest BCUT2D eigenvalue weighted by molar-refractivity contribution is 4.89. The van der Waals surface area contributed by atoms with Crippen molar-refractivity contribution < 1.29 is 0 Å². The van der Waals surface area contributed by atoms with Gasteiger partial charge in [-0.25, -0.2) is 0 Å². The van der Waals surface area contributed by atoms with Gasteiger partial charge in [0.15, 0.2) is 0 Å². The number of allylic oxidation sites excluding steroid dienone is 2. The zero-order valence-electron chi connectivity index (χ0n) is 7.69. The van der Waals surface area contributed by atoms with Crippen LogP contribution < -0.4 is 5.32 Å². The Kier molecular flexibility index (Phi) is 4.88. The van der Waals surface area contributed by atoms with Gasteiger partial charge in [0.2, 0.25) is 0 Å². The summed E-state index contributed by atoms with van der Waals surface area (Å²) in [5.41, 5.74) is 0.304. The zero-order chi connectivity index (χ0) is 8.74. The highest BCUT2D eigenvalue weighted by Crippen LogP contribution is 2.25. The van der Waals surface area contributed by atoms with E-state index in [1.807, 2.05) is 19.2 Å². The smallest absolute Gasteiger partial charge is 0.000809 e. The van der Waals surface area contributed by atoms with Gasteiger partial charge in [-0.05, 0) is 25.3 Å². The fourth-order valence-corrected chi connectivity index (χ4v) is 1.35. The lowest BCUT2D eigenvalue weighted by Crippen LogP contribution is -2.28. The molecule has 0 aliphatic carbocycles. The molecule has 0 saturated carbocycles. The molecule has 0 spiro atoms. The van der Waals surface area contributed by atoms with Crippen LogP contribution in [0.2, 0.25) is 0 Å². The highest BCUT2D eigenvalue weighted by Gasteiger charge is 2.19. The third-order valence-corrected chi connectivity index (χ3v) is 1.88. The summed E-state index contributed by atoms with van der Waals surface area (Å²) in [5, 5.41) is 3.18. The van der Waals surface area contributed by atoms with Crippen molar-refractivity contribution in [1.82, 2.24) is 5.32 Å². The van der Waals surface area contributed by atoms with Crippen molar-refractivity contribution in [3.8, 4) is 0 Å². The molecule has 0 heterocycles. The van der Waals surface area contributed by atoms with Gasteiger partial charge < -0.3 is 5.32 Å². The van der Waals surface area contributed by atoms with E-state index in [0.717, 1.165) is 19.4 Å². The summed E-state index contributed by atoms with van der Waals surface area (Å²) in [4.78, 5) is 0. The fraction of sp³-hybridized carbons (Fsp3) is 0.600. The topological polar surface area (TPSA) is 12.0 Å². The summed E-state index contributed by atoms with van der Waals surface area (Å²) in [7, 11) is 1.98. The van der Waals surface area contributed by atoms with Crippen LogP contribution in [0, 0.1) is 5.41 Å². The molecule has 0 atom stereocenters. The second-order valence-electron chi connectivity index (χ2n) is 3.33. The minimum absolute atomic E-state index is 0.304. The van der Waals surface area contributed by atoms with Gasteiger partial charge >= 0.3 is 0 Å². The molecule has 0 aromatic rings. The minimum Gasteiger partial charge on any atom is -0.319 e. The Morgan fingerprint density at radius 2 is 1.73 bits per heavy atom. The van der Waals surface area contributed by atoms with Gasteiger partial charge in [-0.1, -0.05) is 19.1 Å². The Bertz CT molecular complexity index is 117. The molecule has 0 unspecified atom stereocenters. The van der Waals surface area contributed by atoms with Gasteiger partial charge in [0.1, 0.15) is 0 Å². The largest absolute Gasteiger partial charge is 0.319 e. The van der Waals surface area contributed by atoms with Crippen LogP contribution in [0.25, 0.3) is 0 Å². The predicted octanol–water partition coefficient (Wildman–Crippen LogP) is 2.36. The second-order valence-corrected chi connectivity index (χ2v) is 3.33. The van der Waals surface area contributed by atoms with Gasteiger partial charge in [0.05, 0.1) is 0 Å². The maximum atomic E-state index is 3.75. The summed E-state index contributed by atoms with van der Waals surface area (Å²) < 4.78 is 0. The van der Waals surface area contributed by atoms with Crippen molar-refractivity contribution in [3.05, 3.63) is 25.3 Å². The zero-order valence-corrected chi connectivity index (χ0v) is 7.69. The monoisotopic (exact) mass is 153 g/mol. The van der Waals surface area contributed by atoms with Crippen molar-refractivity contribution in [2.24, 2.45) is 5.41 Å². The van der Waals surface area contributed by atoms with E-state index in [0.29, 0.717) is 5.41 Å². The molecule has 0 saturated heterocycles. The summed E-state index contributed by atoms with van der Waals surface area (Å²) in [6.45, 7) is 10.8. The first kappa shape index (κ1) is 10.4. The van der Waals surface area contributed by atoms with E-state index < -0.39 is 0 Å². The van der Waals surface area contributed by atoms with Crippen molar-refractivity contribution in [1.29, 1.82) is 0 Å². The van der Waals surface area contributed by atoms with Crippen molar-refractivity contribution in [2.75, 3.05) is 13.6 Å². The van der Waals surface area contributed by atoms with Crippen LogP contribution in [0.1, 0.15) is 19.8 Å². The Labute approximate surface area is 70.2 Å². The summed E-state index contributed by atoms with van der Waals surface area (Å²) in [6.07, 6.45) is 6.03. The van der Waals surface area contributed by atoms with E-state index in [1.165, 1.54) is 0 Å². The third-order valence-electron chi connectivity index (χ3n) is 1.88.